The minimum absolute atomic E-state index is 0.0479. The fourth-order valence-corrected chi connectivity index (χ4v) is 1.72. The topological polar surface area (TPSA) is 67.8 Å². The number of guanidine groups is 1. The summed E-state index contributed by atoms with van der Waals surface area (Å²) in [6, 6.07) is 3.86. The number of hydrogen-bond donors (Lipinski definition) is 2. The van der Waals surface area contributed by atoms with Crippen LogP contribution >= 0.6 is 0 Å². The standard InChI is InChI=1S/C16H28N4O2/c1-6-17-15(20-16(2,3)4)19-12-13-8-7-9-18-14(13)22-11-10-21-5/h7-9H,6,10-12H2,1-5H3,(H2,17,19,20). The van der Waals surface area contributed by atoms with Crippen LogP contribution in [0, 0.1) is 0 Å². The smallest absolute Gasteiger partial charge is 0.218 e. The third-order valence-electron chi connectivity index (χ3n) is 2.62. The molecule has 0 saturated carbocycles. The van der Waals surface area contributed by atoms with Crippen LogP contribution in [0.3, 0.4) is 0 Å². The Bertz CT molecular complexity index is 469. The highest BCUT2D eigenvalue weighted by Crippen LogP contribution is 2.15. The molecule has 6 heteroatoms. The van der Waals surface area contributed by atoms with Crippen LogP contribution in [0.2, 0.25) is 0 Å². The first-order valence-electron chi connectivity index (χ1n) is 7.58. The number of aromatic nitrogens is 1. The van der Waals surface area contributed by atoms with E-state index >= 15 is 0 Å². The second-order valence-corrected chi connectivity index (χ2v) is 5.88. The van der Waals surface area contributed by atoms with Crippen LogP contribution in [0.4, 0.5) is 0 Å². The number of rotatable bonds is 7. The van der Waals surface area contributed by atoms with Crippen LogP contribution in [0.5, 0.6) is 5.88 Å². The molecular formula is C16H28N4O2. The normalized spacial score (nSPS) is 12.1. The van der Waals surface area contributed by atoms with Gasteiger partial charge in [-0.3, -0.25) is 0 Å². The highest BCUT2D eigenvalue weighted by Gasteiger charge is 2.12. The van der Waals surface area contributed by atoms with E-state index in [1.807, 2.05) is 19.1 Å². The van der Waals surface area contributed by atoms with Crippen molar-refractivity contribution in [2.45, 2.75) is 39.8 Å². The molecule has 0 aliphatic carbocycles. The van der Waals surface area contributed by atoms with Crippen molar-refractivity contribution in [2.75, 3.05) is 26.9 Å². The molecule has 0 bridgehead atoms. The summed E-state index contributed by atoms with van der Waals surface area (Å²) in [5.74, 6) is 1.39. The van der Waals surface area contributed by atoms with Crippen LogP contribution in [-0.4, -0.2) is 43.4 Å². The lowest BCUT2D eigenvalue weighted by Crippen LogP contribution is -2.47. The molecule has 1 aromatic rings. The van der Waals surface area contributed by atoms with Gasteiger partial charge < -0.3 is 20.1 Å². The number of hydrogen-bond acceptors (Lipinski definition) is 4. The molecule has 0 aliphatic heterocycles. The quantitative estimate of drug-likeness (QED) is 0.458. The van der Waals surface area contributed by atoms with Gasteiger partial charge in [0.15, 0.2) is 5.96 Å². The van der Waals surface area contributed by atoms with E-state index in [4.69, 9.17) is 9.47 Å². The van der Waals surface area contributed by atoms with Gasteiger partial charge in [-0.05, 0) is 33.8 Å². The van der Waals surface area contributed by atoms with Crippen molar-refractivity contribution in [3.63, 3.8) is 0 Å². The Morgan fingerprint density at radius 1 is 1.32 bits per heavy atom. The molecule has 1 heterocycles. The average Bonchev–Trinajstić information content (AvgIpc) is 2.45. The van der Waals surface area contributed by atoms with Gasteiger partial charge in [0.25, 0.3) is 0 Å². The minimum Gasteiger partial charge on any atom is -0.475 e. The van der Waals surface area contributed by atoms with Crippen molar-refractivity contribution in [2.24, 2.45) is 4.99 Å². The van der Waals surface area contributed by atoms with E-state index in [2.05, 4.69) is 41.4 Å². The summed E-state index contributed by atoms with van der Waals surface area (Å²) in [4.78, 5) is 8.86. The van der Waals surface area contributed by atoms with E-state index in [1.54, 1.807) is 13.3 Å². The van der Waals surface area contributed by atoms with Crippen molar-refractivity contribution in [3.05, 3.63) is 23.9 Å². The predicted octanol–water partition coefficient (Wildman–Crippen LogP) is 1.96. The molecule has 1 aromatic heterocycles. The lowest BCUT2D eigenvalue weighted by Gasteiger charge is -2.23. The van der Waals surface area contributed by atoms with Crippen LogP contribution in [0.1, 0.15) is 33.3 Å². The van der Waals surface area contributed by atoms with Crippen LogP contribution in [0.15, 0.2) is 23.3 Å². The molecular weight excluding hydrogens is 280 g/mol. The Balaban J connectivity index is 2.76. The third kappa shape index (κ3) is 7.26. The van der Waals surface area contributed by atoms with Gasteiger partial charge in [-0.25, -0.2) is 9.98 Å². The monoisotopic (exact) mass is 308 g/mol. The molecule has 124 valence electrons. The zero-order valence-corrected chi connectivity index (χ0v) is 14.3. The highest BCUT2D eigenvalue weighted by molar-refractivity contribution is 5.80. The van der Waals surface area contributed by atoms with Crippen molar-refractivity contribution < 1.29 is 9.47 Å². The highest BCUT2D eigenvalue weighted by atomic mass is 16.5. The van der Waals surface area contributed by atoms with Crippen molar-refractivity contribution >= 4 is 5.96 Å². The van der Waals surface area contributed by atoms with Gasteiger partial charge in [0, 0.05) is 31.0 Å². The molecule has 0 atom stereocenters. The lowest BCUT2D eigenvalue weighted by molar-refractivity contribution is 0.143. The van der Waals surface area contributed by atoms with Gasteiger partial charge in [0.05, 0.1) is 13.2 Å². The molecule has 2 N–H and O–H groups in total. The summed E-state index contributed by atoms with van der Waals surface area (Å²) in [5.41, 5.74) is 0.901. The predicted molar refractivity (Wildman–Crippen MR) is 89.3 cm³/mol. The molecule has 0 amide bonds. The zero-order chi connectivity index (χ0) is 16.4. The lowest BCUT2D eigenvalue weighted by atomic mass is 10.1. The number of pyridine rings is 1. The molecule has 0 radical (unpaired) electrons. The average molecular weight is 308 g/mol. The summed E-state index contributed by atoms with van der Waals surface area (Å²) in [7, 11) is 1.65. The fourth-order valence-electron chi connectivity index (χ4n) is 1.72. The van der Waals surface area contributed by atoms with E-state index < -0.39 is 0 Å². The molecule has 0 aromatic carbocycles. The first-order chi connectivity index (χ1) is 10.5. The number of nitrogens with one attached hydrogen (secondary N) is 2. The van der Waals surface area contributed by atoms with Crippen molar-refractivity contribution in [1.82, 2.24) is 15.6 Å². The van der Waals surface area contributed by atoms with E-state index in [9.17, 15) is 0 Å². The number of nitrogens with zero attached hydrogens (tertiary/aromatic N) is 2. The largest absolute Gasteiger partial charge is 0.475 e. The summed E-state index contributed by atoms with van der Waals surface area (Å²) in [5, 5.41) is 6.60. The van der Waals surface area contributed by atoms with Gasteiger partial charge in [-0.2, -0.15) is 0 Å². The Labute approximate surface area is 133 Å². The molecule has 0 unspecified atom stereocenters. The molecule has 1 rings (SSSR count). The molecule has 0 spiro atoms. The maximum absolute atomic E-state index is 5.62. The van der Waals surface area contributed by atoms with E-state index in [1.165, 1.54) is 0 Å². The van der Waals surface area contributed by atoms with Crippen LogP contribution in [-0.2, 0) is 11.3 Å². The molecule has 0 fully saturated rings. The first kappa shape index (κ1) is 18.2. The minimum atomic E-state index is -0.0479. The van der Waals surface area contributed by atoms with Gasteiger partial charge in [-0.15, -0.1) is 0 Å². The Kier molecular flexibility index (Phi) is 7.66. The van der Waals surface area contributed by atoms with Gasteiger partial charge in [-0.1, -0.05) is 6.07 Å². The Hall–Kier alpha value is -1.82. The molecule has 6 nitrogen and oxygen atoms in total. The van der Waals surface area contributed by atoms with Gasteiger partial charge >= 0.3 is 0 Å². The summed E-state index contributed by atoms with van der Waals surface area (Å²) < 4.78 is 10.6. The Morgan fingerprint density at radius 3 is 2.73 bits per heavy atom. The van der Waals surface area contributed by atoms with Crippen molar-refractivity contribution in [1.29, 1.82) is 0 Å². The van der Waals surface area contributed by atoms with Crippen LogP contribution < -0.4 is 15.4 Å². The zero-order valence-electron chi connectivity index (χ0n) is 14.3. The SMILES string of the molecule is CCNC(=NCc1cccnc1OCCOC)NC(C)(C)C. The second-order valence-electron chi connectivity index (χ2n) is 5.88. The van der Waals surface area contributed by atoms with Crippen molar-refractivity contribution in [3.8, 4) is 5.88 Å². The Morgan fingerprint density at radius 2 is 2.09 bits per heavy atom. The number of aliphatic imine (C=N–C) groups is 1. The van der Waals surface area contributed by atoms with Gasteiger partial charge in [0.1, 0.15) is 6.61 Å². The van der Waals surface area contributed by atoms with Gasteiger partial charge in [0.2, 0.25) is 5.88 Å². The number of methoxy groups -OCH3 is 1. The summed E-state index contributed by atoms with van der Waals surface area (Å²) >= 11 is 0. The molecule has 22 heavy (non-hydrogen) atoms. The first-order valence-corrected chi connectivity index (χ1v) is 7.58. The van der Waals surface area contributed by atoms with Crippen LogP contribution in [0.25, 0.3) is 0 Å². The van der Waals surface area contributed by atoms with E-state index in [0.717, 1.165) is 18.1 Å². The van der Waals surface area contributed by atoms with E-state index in [-0.39, 0.29) is 5.54 Å². The maximum atomic E-state index is 5.62. The second kappa shape index (κ2) is 9.25. The number of ether oxygens (including phenoxy) is 2. The summed E-state index contributed by atoms with van der Waals surface area (Å²) in [6.45, 7) is 10.7. The summed E-state index contributed by atoms with van der Waals surface area (Å²) in [6.07, 6.45) is 1.72. The fraction of sp³-hybridized carbons (Fsp3) is 0.625. The molecule has 0 aliphatic rings. The molecule has 0 saturated heterocycles. The van der Waals surface area contributed by atoms with E-state index in [0.29, 0.717) is 25.6 Å². The maximum Gasteiger partial charge on any atom is 0.218 e. The third-order valence-corrected chi connectivity index (χ3v) is 2.62.